The maximum absolute atomic E-state index is 12.8. The summed E-state index contributed by atoms with van der Waals surface area (Å²) >= 11 is 0. The van der Waals surface area contributed by atoms with E-state index in [-0.39, 0.29) is 44.0 Å². The molecule has 71 heavy (non-hydrogen) atoms. The van der Waals surface area contributed by atoms with Crippen LogP contribution in [0, 0.1) is 0 Å². The highest BCUT2D eigenvalue weighted by Gasteiger charge is 2.19. The molecule has 0 heterocycles. The van der Waals surface area contributed by atoms with Crippen molar-refractivity contribution in [3.63, 3.8) is 0 Å². The topological polar surface area (TPSA) is 78.9 Å². The van der Waals surface area contributed by atoms with Crippen molar-refractivity contribution in [2.24, 2.45) is 0 Å². The smallest absolute Gasteiger partial charge is 0.306 e. The summed E-state index contributed by atoms with van der Waals surface area (Å²) in [6, 6.07) is 0. The van der Waals surface area contributed by atoms with E-state index in [9.17, 15) is 14.4 Å². The molecule has 0 spiro atoms. The van der Waals surface area contributed by atoms with E-state index in [0.717, 1.165) is 89.9 Å². The van der Waals surface area contributed by atoms with Crippen molar-refractivity contribution in [1.82, 2.24) is 0 Å². The van der Waals surface area contributed by atoms with Crippen molar-refractivity contribution in [2.45, 2.75) is 245 Å². The average molecular weight is 982 g/mol. The van der Waals surface area contributed by atoms with Crippen LogP contribution >= 0.6 is 0 Å². The van der Waals surface area contributed by atoms with E-state index in [2.05, 4.69) is 154 Å². The third-order valence-electron chi connectivity index (χ3n) is 11.6. The summed E-state index contributed by atoms with van der Waals surface area (Å²) in [6.07, 6.45) is 81.6. The first kappa shape index (κ1) is 66.6. The lowest BCUT2D eigenvalue weighted by atomic mass is 10.1. The molecule has 0 saturated heterocycles. The number of hydrogen-bond acceptors (Lipinski definition) is 6. The second-order valence-electron chi connectivity index (χ2n) is 18.5. The zero-order chi connectivity index (χ0) is 51.4. The number of carbonyl (C=O) groups excluding carboxylic acids is 3. The van der Waals surface area contributed by atoms with Gasteiger partial charge in [0.2, 0.25) is 0 Å². The van der Waals surface area contributed by atoms with Crippen LogP contribution in [0.15, 0.2) is 134 Å². The van der Waals surface area contributed by atoms with Crippen LogP contribution < -0.4 is 0 Å². The van der Waals surface area contributed by atoms with Gasteiger partial charge in [0.15, 0.2) is 6.10 Å². The van der Waals surface area contributed by atoms with Gasteiger partial charge in [-0.25, -0.2) is 0 Å². The lowest BCUT2D eigenvalue weighted by Gasteiger charge is -2.18. The first-order valence-electron chi connectivity index (χ1n) is 28.7. The minimum absolute atomic E-state index is 0.136. The lowest BCUT2D eigenvalue weighted by Crippen LogP contribution is -2.30. The summed E-state index contributed by atoms with van der Waals surface area (Å²) in [5.41, 5.74) is 0. The normalized spacial score (nSPS) is 13.1. The summed E-state index contributed by atoms with van der Waals surface area (Å²) in [5.74, 6) is -1.08. The predicted octanol–water partition coefficient (Wildman–Crippen LogP) is 19.4. The van der Waals surface area contributed by atoms with Crippen molar-refractivity contribution in [3.05, 3.63) is 134 Å². The van der Waals surface area contributed by atoms with Gasteiger partial charge in [-0.05, 0) is 135 Å². The maximum atomic E-state index is 12.8. The number of esters is 3. The molecule has 400 valence electrons. The molecule has 0 aliphatic rings. The molecule has 0 radical (unpaired) electrons. The quantitative estimate of drug-likeness (QED) is 0.0262. The standard InChI is InChI=1S/C65H104O6/c1-4-7-10-13-16-19-22-25-28-31-32-35-37-40-43-46-49-52-55-58-64(67)70-61-62(71-65(68)59-56-53-50-47-44-41-38-34-30-27-24-21-18-15-12-9-6-3)60-69-63(66)57-54-51-48-45-42-39-36-33-29-26-23-20-17-14-11-8-5-2/h16-17,19-20,25-30,32,35-36,38-41,43,45,47-48,50,62H,4-15,18,21-24,31,33-34,37,42,44,46,49,51-61H2,1-3H3/b19-16-,20-17-,28-25-,29-26-,30-27-,35-32-,39-36-,41-38-,43-40-,48-45-,50-47-/t62-/m0/s1. The molecule has 0 rings (SSSR count). The number of rotatable bonds is 50. The van der Waals surface area contributed by atoms with Gasteiger partial charge in [-0.1, -0.05) is 219 Å². The van der Waals surface area contributed by atoms with Crippen LogP contribution in [0.1, 0.15) is 239 Å². The number of unbranched alkanes of at least 4 members (excludes halogenated alkanes) is 17. The summed E-state index contributed by atoms with van der Waals surface area (Å²) < 4.78 is 16.7. The summed E-state index contributed by atoms with van der Waals surface area (Å²) in [5, 5.41) is 0. The van der Waals surface area contributed by atoms with E-state index in [1.54, 1.807) is 0 Å². The Balaban J connectivity index is 4.63. The van der Waals surface area contributed by atoms with Gasteiger partial charge in [0.25, 0.3) is 0 Å². The Morgan fingerprint density at radius 2 is 0.521 bits per heavy atom. The van der Waals surface area contributed by atoms with Gasteiger partial charge in [0.05, 0.1) is 0 Å². The number of hydrogen-bond donors (Lipinski definition) is 0. The van der Waals surface area contributed by atoms with Gasteiger partial charge in [-0.2, -0.15) is 0 Å². The Hall–Kier alpha value is -4.45. The fraction of sp³-hybridized carbons (Fsp3) is 0.615. The third kappa shape index (κ3) is 56.3. The van der Waals surface area contributed by atoms with E-state index >= 15 is 0 Å². The molecule has 0 aliphatic heterocycles. The fourth-order valence-electron chi connectivity index (χ4n) is 7.26. The first-order valence-corrected chi connectivity index (χ1v) is 28.7. The van der Waals surface area contributed by atoms with Gasteiger partial charge < -0.3 is 14.2 Å². The van der Waals surface area contributed by atoms with Crippen molar-refractivity contribution in [1.29, 1.82) is 0 Å². The van der Waals surface area contributed by atoms with Crippen LogP contribution in [0.2, 0.25) is 0 Å². The van der Waals surface area contributed by atoms with E-state index in [4.69, 9.17) is 14.2 Å². The predicted molar refractivity (Wildman–Crippen MR) is 306 cm³/mol. The number of allylic oxidation sites excluding steroid dienone is 22. The molecule has 0 N–H and O–H groups in total. The Morgan fingerprint density at radius 1 is 0.282 bits per heavy atom. The molecular formula is C65H104O6. The highest BCUT2D eigenvalue weighted by molar-refractivity contribution is 5.71. The molecule has 0 bridgehead atoms. The second-order valence-corrected chi connectivity index (χ2v) is 18.5. The molecule has 6 heteroatoms. The van der Waals surface area contributed by atoms with Crippen molar-refractivity contribution in [3.8, 4) is 0 Å². The maximum Gasteiger partial charge on any atom is 0.306 e. The zero-order valence-corrected chi connectivity index (χ0v) is 45.7. The molecule has 6 nitrogen and oxygen atoms in total. The Bertz CT molecular complexity index is 1550. The molecule has 0 aromatic carbocycles. The first-order chi connectivity index (χ1) is 35.0. The van der Waals surface area contributed by atoms with Gasteiger partial charge in [0.1, 0.15) is 13.2 Å². The average Bonchev–Trinajstić information content (AvgIpc) is 3.37. The molecule has 0 amide bonds. The van der Waals surface area contributed by atoms with Crippen LogP contribution in [0.4, 0.5) is 0 Å². The van der Waals surface area contributed by atoms with Crippen LogP contribution in [0.5, 0.6) is 0 Å². The second kappa shape index (κ2) is 58.1. The molecule has 0 unspecified atom stereocenters. The van der Waals surface area contributed by atoms with E-state index in [1.165, 1.54) is 96.3 Å². The van der Waals surface area contributed by atoms with E-state index < -0.39 is 6.10 Å². The Morgan fingerprint density at radius 3 is 0.873 bits per heavy atom. The highest BCUT2D eigenvalue weighted by atomic mass is 16.6. The zero-order valence-electron chi connectivity index (χ0n) is 45.7. The van der Waals surface area contributed by atoms with Gasteiger partial charge in [0, 0.05) is 19.3 Å². The van der Waals surface area contributed by atoms with Crippen molar-refractivity contribution in [2.75, 3.05) is 13.2 Å². The molecular weight excluding hydrogens is 877 g/mol. The number of ether oxygens (including phenoxy) is 3. The van der Waals surface area contributed by atoms with Gasteiger partial charge >= 0.3 is 17.9 Å². The molecule has 0 saturated carbocycles. The highest BCUT2D eigenvalue weighted by Crippen LogP contribution is 2.11. The Labute approximate surface area is 436 Å². The Kier molecular flexibility index (Phi) is 54.5. The van der Waals surface area contributed by atoms with Gasteiger partial charge in [-0.3, -0.25) is 14.4 Å². The molecule has 0 fully saturated rings. The third-order valence-corrected chi connectivity index (χ3v) is 11.6. The van der Waals surface area contributed by atoms with Crippen molar-refractivity contribution >= 4 is 17.9 Å². The van der Waals surface area contributed by atoms with Crippen molar-refractivity contribution < 1.29 is 28.6 Å². The lowest BCUT2D eigenvalue weighted by molar-refractivity contribution is -0.167. The molecule has 0 aromatic heterocycles. The minimum Gasteiger partial charge on any atom is -0.462 e. The van der Waals surface area contributed by atoms with Crippen LogP contribution in [-0.2, 0) is 28.6 Å². The van der Waals surface area contributed by atoms with Gasteiger partial charge in [-0.15, -0.1) is 0 Å². The summed E-state index contributed by atoms with van der Waals surface area (Å²) in [4.78, 5) is 38.1. The molecule has 0 aliphatic carbocycles. The fourth-order valence-corrected chi connectivity index (χ4v) is 7.26. The SMILES string of the molecule is CCCCC/C=C\C/C=C\C/C=C\C/C=C\CCCCCC(=O)OC[C@H](COC(=O)CCC/C=C\C/C=C\C/C=C\C/C=C\CCCCC)OC(=O)CCC/C=C\C/C=C\C/C=C\CCCCCCCC. The molecule has 1 atom stereocenters. The van der Waals surface area contributed by atoms with E-state index in [0.29, 0.717) is 19.3 Å². The largest absolute Gasteiger partial charge is 0.462 e. The monoisotopic (exact) mass is 981 g/mol. The summed E-state index contributed by atoms with van der Waals surface area (Å²) in [7, 11) is 0. The van der Waals surface area contributed by atoms with Crippen LogP contribution in [0.3, 0.4) is 0 Å². The summed E-state index contributed by atoms with van der Waals surface area (Å²) in [6.45, 7) is 6.45. The minimum atomic E-state index is -0.845. The van der Waals surface area contributed by atoms with Crippen LogP contribution in [-0.4, -0.2) is 37.2 Å². The van der Waals surface area contributed by atoms with Crippen LogP contribution in [0.25, 0.3) is 0 Å². The number of carbonyl (C=O) groups is 3. The van der Waals surface area contributed by atoms with E-state index in [1.807, 2.05) is 0 Å². The molecule has 0 aromatic rings.